The summed E-state index contributed by atoms with van der Waals surface area (Å²) in [5.74, 6) is 0.970. The molecule has 3 rings (SSSR count). The number of piperazine rings is 1. The molecule has 0 amide bonds. The molecule has 0 unspecified atom stereocenters. The highest BCUT2D eigenvalue weighted by molar-refractivity contribution is 5.58. The van der Waals surface area contributed by atoms with E-state index in [0.717, 1.165) is 45.1 Å². The van der Waals surface area contributed by atoms with Crippen LogP contribution in [0.5, 0.6) is 5.75 Å². The Bertz CT molecular complexity index is 399. The van der Waals surface area contributed by atoms with Crippen molar-refractivity contribution >= 4 is 5.69 Å². The van der Waals surface area contributed by atoms with Crippen molar-refractivity contribution in [1.29, 1.82) is 0 Å². The number of rotatable bonds is 3. The summed E-state index contributed by atoms with van der Waals surface area (Å²) in [5.41, 5.74) is 1.21. The van der Waals surface area contributed by atoms with Crippen molar-refractivity contribution in [2.45, 2.75) is 6.04 Å². The normalized spacial score (nSPS) is 21.7. The minimum absolute atomic E-state index is 0.657. The predicted octanol–water partition coefficient (Wildman–Crippen LogP) is 1.22. The summed E-state index contributed by atoms with van der Waals surface area (Å²) in [5, 5.41) is 0. The van der Waals surface area contributed by atoms with Crippen molar-refractivity contribution in [3.63, 3.8) is 0 Å². The molecule has 2 heterocycles. The topological polar surface area (TPSA) is 24.9 Å². The number of nitrogens with zero attached hydrogens (tertiary/aromatic N) is 2. The Kier molecular flexibility index (Phi) is 3.39. The molecule has 2 aliphatic heterocycles. The van der Waals surface area contributed by atoms with E-state index in [2.05, 4.69) is 21.9 Å². The van der Waals surface area contributed by atoms with Crippen molar-refractivity contribution in [2.75, 3.05) is 51.4 Å². The van der Waals surface area contributed by atoms with Crippen molar-refractivity contribution in [3.05, 3.63) is 24.3 Å². The smallest absolute Gasteiger partial charge is 0.142 e. The van der Waals surface area contributed by atoms with Gasteiger partial charge in [-0.05, 0) is 12.1 Å². The lowest BCUT2D eigenvalue weighted by atomic mass is 10.1. The second kappa shape index (κ2) is 5.16. The fourth-order valence-electron chi connectivity index (χ4n) is 2.65. The maximum absolute atomic E-state index is 5.43. The molecule has 2 fully saturated rings. The third-order valence-corrected chi connectivity index (χ3v) is 3.88. The van der Waals surface area contributed by atoms with E-state index >= 15 is 0 Å². The van der Waals surface area contributed by atoms with Crippen LogP contribution in [-0.4, -0.2) is 57.4 Å². The average Bonchev–Trinajstić information content (AvgIpc) is 2.38. The molecule has 0 N–H and O–H groups in total. The van der Waals surface area contributed by atoms with Gasteiger partial charge in [0.05, 0.1) is 32.1 Å². The highest BCUT2D eigenvalue weighted by Gasteiger charge is 2.29. The summed E-state index contributed by atoms with van der Waals surface area (Å²) in [6.07, 6.45) is 0. The average molecular weight is 248 g/mol. The van der Waals surface area contributed by atoms with E-state index < -0.39 is 0 Å². The van der Waals surface area contributed by atoms with Crippen LogP contribution < -0.4 is 9.64 Å². The Hall–Kier alpha value is -1.26. The second-order valence-electron chi connectivity index (χ2n) is 4.89. The summed E-state index contributed by atoms with van der Waals surface area (Å²) in [6.45, 7) is 6.19. The van der Waals surface area contributed by atoms with Gasteiger partial charge >= 0.3 is 0 Å². The molecule has 1 aromatic carbocycles. The predicted molar refractivity (Wildman–Crippen MR) is 71.4 cm³/mol. The Labute approximate surface area is 108 Å². The molecule has 2 aliphatic rings. The van der Waals surface area contributed by atoms with Crippen LogP contribution in [0.3, 0.4) is 0 Å². The zero-order valence-corrected chi connectivity index (χ0v) is 10.8. The first kappa shape index (κ1) is 11.8. The third kappa shape index (κ3) is 2.18. The number of benzene rings is 1. The molecule has 18 heavy (non-hydrogen) atoms. The Morgan fingerprint density at radius 3 is 2.44 bits per heavy atom. The van der Waals surface area contributed by atoms with Gasteiger partial charge in [-0.3, -0.25) is 4.90 Å². The van der Waals surface area contributed by atoms with E-state index in [9.17, 15) is 0 Å². The van der Waals surface area contributed by atoms with E-state index in [4.69, 9.17) is 9.47 Å². The van der Waals surface area contributed by atoms with Gasteiger partial charge in [0, 0.05) is 26.2 Å². The maximum Gasteiger partial charge on any atom is 0.142 e. The van der Waals surface area contributed by atoms with Crippen LogP contribution in [0, 0.1) is 0 Å². The van der Waals surface area contributed by atoms with Gasteiger partial charge in [0.2, 0.25) is 0 Å². The second-order valence-corrected chi connectivity index (χ2v) is 4.89. The standard InChI is InChI=1S/C14H20N2O2/c1-17-14-5-3-2-4-13(14)16-8-6-15(7-9-16)12-10-18-11-12/h2-5,12H,6-11H2,1H3. The van der Waals surface area contributed by atoms with E-state index in [1.165, 1.54) is 5.69 Å². The molecule has 0 spiro atoms. The molecule has 0 aromatic heterocycles. The Morgan fingerprint density at radius 2 is 1.83 bits per heavy atom. The SMILES string of the molecule is COc1ccccc1N1CCN(C2COC2)CC1. The van der Waals surface area contributed by atoms with Gasteiger partial charge in [-0.1, -0.05) is 12.1 Å². The number of hydrogen-bond donors (Lipinski definition) is 0. The van der Waals surface area contributed by atoms with Crippen LogP contribution >= 0.6 is 0 Å². The summed E-state index contributed by atoms with van der Waals surface area (Å²) in [4.78, 5) is 4.95. The summed E-state index contributed by atoms with van der Waals surface area (Å²) in [6, 6.07) is 8.92. The molecule has 0 radical (unpaired) electrons. The first-order valence-electron chi connectivity index (χ1n) is 6.58. The highest BCUT2D eigenvalue weighted by atomic mass is 16.5. The molecular weight excluding hydrogens is 228 g/mol. The van der Waals surface area contributed by atoms with E-state index in [1.807, 2.05) is 12.1 Å². The first-order valence-corrected chi connectivity index (χ1v) is 6.58. The van der Waals surface area contributed by atoms with Crippen molar-refractivity contribution in [2.24, 2.45) is 0 Å². The van der Waals surface area contributed by atoms with Gasteiger partial charge in [0.15, 0.2) is 0 Å². The van der Waals surface area contributed by atoms with Gasteiger partial charge in [0.1, 0.15) is 5.75 Å². The van der Waals surface area contributed by atoms with Crippen LogP contribution in [0.15, 0.2) is 24.3 Å². The quantitative estimate of drug-likeness (QED) is 0.803. The van der Waals surface area contributed by atoms with E-state index in [0.29, 0.717) is 6.04 Å². The lowest BCUT2D eigenvalue weighted by Crippen LogP contribution is -2.56. The Morgan fingerprint density at radius 1 is 1.11 bits per heavy atom. The van der Waals surface area contributed by atoms with E-state index in [1.54, 1.807) is 7.11 Å². The summed E-state index contributed by atoms with van der Waals surface area (Å²) < 4.78 is 10.7. The maximum atomic E-state index is 5.43. The molecule has 98 valence electrons. The molecule has 0 saturated carbocycles. The minimum atomic E-state index is 0.657. The zero-order valence-electron chi connectivity index (χ0n) is 10.8. The number of hydrogen-bond acceptors (Lipinski definition) is 4. The van der Waals surface area contributed by atoms with Crippen LogP contribution in [0.2, 0.25) is 0 Å². The molecule has 4 heteroatoms. The number of ether oxygens (including phenoxy) is 2. The lowest BCUT2D eigenvalue weighted by Gasteiger charge is -2.43. The van der Waals surface area contributed by atoms with Gasteiger partial charge in [0.25, 0.3) is 0 Å². The van der Waals surface area contributed by atoms with Crippen LogP contribution in [-0.2, 0) is 4.74 Å². The summed E-state index contributed by atoms with van der Waals surface area (Å²) >= 11 is 0. The molecule has 0 aliphatic carbocycles. The molecular formula is C14H20N2O2. The van der Waals surface area contributed by atoms with Crippen LogP contribution in [0.4, 0.5) is 5.69 Å². The molecule has 1 aromatic rings. The van der Waals surface area contributed by atoms with Gasteiger partial charge in [-0.15, -0.1) is 0 Å². The van der Waals surface area contributed by atoms with Crippen molar-refractivity contribution in [3.8, 4) is 5.75 Å². The van der Waals surface area contributed by atoms with E-state index in [-0.39, 0.29) is 0 Å². The first-order chi connectivity index (χ1) is 8.88. The minimum Gasteiger partial charge on any atom is -0.495 e. The van der Waals surface area contributed by atoms with Gasteiger partial charge in [-0.2, -0.15) is 0 Å². The monoisotopic (exact) mass is 248 g/mol. The highest BCUT2D eigenvalue weighted by Crippen LogP contribution is 2.28. The third-order valence-electron chi connectivity index (χ3n) is 3.88. The van der Waals surface area contributed by atoms with Gasteiger partial charge < -0.3 is 14.4 Å². The van der Waals surface area contributed by atoms with Gasteiger partial charge in [-0.25, -0.2) is 0 Å². The van der Waals surface area contributed by atoms with Crippen LogP contribution in [0.1, 0.15) is 0 Å². The van der Waals surface area contributed by atoms with Crippen molar-refractivity contribution in [1.82, 2.24) is 4.90 Å². The van der Waals surface area contributed by atoms with Crippen molar-refractivity contribution < 1.29 is 9.47 Å². The number of methoxy groups -OCH3 is 1. The Balaban J connectivity index is 1.64. The molecule has 0 atom stereocenters. The summed E-state index contributed by atoms with van der Waals surface area (Å²) in [7, 11) is 1.74. The fourth-order valence-corrected chi connectivity index (χ4v) is 2.65. The molecule has 2 saturated heterocycles. The molecule has 0 bridgehead atoms. The largest absolute Gasteiger partial charge is 0.495 e. The zero-order chi connectivity index (χ0) is 12.4. The fraction of sp³-hybridized carbons (Fsp3) is 0.571. The molecule has 4 nitrogen and oxygen atoms in total. The number of para-hydroxylation sites is 2. The lowest BCUT2D eigenvalue weighted by molar-refractivity contribution is -0.0660. The van der Waals surface area contributed by atoms with Crippen LogP contribution in [0.25, 0.3) is 0 Å². The number of anilines is 1.